The molecule has 0 heterocycles. The Morgan fingerprint density at radius 3 is 2.21 bits per heavy atom. The molecule has 0 aliphatic heterocycles. The third kappa shape index (κ3) is 8.81. The summed E-state index contributed by atoms with van der Waals surface area (Å²) in [6.07, 6.45) is 12.9. The summed E-state index contributed by atoms with van der Waals surface area (Å²) in [6.45, 7) is 1.03. The second-order valence-electron chi connectivity index (χ2n) is 15.7. The van der Waals surface area contributed by atoms with Crippen LogP contribution in [0.15, 0.2) is 72.8 Å². The van der Waals surface area contributed by atoms with Gasteiger partial charge in [-0.2, -0.15) is 0 Å². The van der Waals surface area contributed by atoms with Crippen molar-refractivity contribution < 1.29 is 14.4 Å². The van der Waals surface area contributed by atoms with Crippen LogP contribution in [0.5, 0.6) is 0 Å². The number of hydrogen-bond donors (Lipinski definition) is 2. The molecule has 0 aromatic heterocycles. The van der Waals surface area contributed by atoms with E-state index in [9.17, 15) is 14.4 Å². The topological polar surface area (TPSA) is 106 Å². The van der Waals surface area contributed by atoms with Crippen molar-refractivity contribution >= 4 is 28.2 Å². The minimum atomic E-state index is -0.545. The van der Waals surface area contributed by atoms with Crippen LogP contribution in [0.25, 0.3) is 10.8 Å². The molecule has 48 heavy (non-hydrogen) atoms. The second-order valence-corrected chi connectivity index (χ2v) is 15.7. The number of rotatable bonds is 18. The van der Waals surface area contributed by atoms with Gasteiger partial charge in [-0.1, -0.05) is 79.2 Å². The Balaban J connectivity index is 1.19. The maximum atomic E-state index is 14.3. The van der Waals surface area contributed by atoms with E-state index in [-0.39, 0.29) is 42.8 Å². The lowest BCUT2D eigenvalue weighted by molar-refractivity contribution is -0.136. The van der Waals surface area contributed by atoms with Crippen molar-refractivity contribution in [2.24, 2.45) is 40.6 Å². The molecule has 2 atom stereocenters. The first-order valence-electron chi connectivity index (χ1n) is 18.6. The van der Waals surface area contributed by atoms with Crippen LogP contribution in [0.4, 0.5) is 0 Å². The summed E-state index contributed by atoms with van der Waals surface area (Å²) in [5.41, 5.74) is 14.4. The van der Waals surface area contributed by atoms with Crippen LogP contribution < -0.4 is 11.5 Å². The van der Waals surface area contributed by atoms with Gasteiger partial charge in [0.15, 0.2) is 5.78 Å². The molecule has 3 aromatic carbocycles. The van der Waals surface area contributed by atoms with Crippen LogP contribution in [-0.4, -0.2) is 48.0 Å². The Morgan fingerprint density at radius 1 is 0.833 bits per heavy atom. The molecule has 6 nitrogen and oxygen atoms in total. The molecule has 4 bridgehead atoms. The van der Waals surface area contributed by atoms with Crippen molar-refractivity contribution in [1.29, 1.82) is 0 Å². The van der Waals surface area contributed by atoms with E-state index in [1.807, 2.05) is 42.5 Å². The van der Waals surface area contributed by atoms with Crippen LogP contribution in [0.1, 0.15) is 88.2 Å². The monoisotopic (exact) mass is 649 g/mol. The number of nitrogens with zero attached hydrogens (tertiary/aromatic N) is 1. The van der Waals surface area contributed by atoms with Crippen LogP contribution in [0.2, 0.25) is 0 Å². The first-order valence-corrected chi connectivity index (χ1v) is 18.6. The lowest BCUT2D eigenvalue weighted by Crippen LogP contribution is -2.46. The van der Waals surface area contributed by atoms with Crippen molar-refractivity contribution in [3.05, 3.63) is 83.9 Å². The fraction of sp³-hybridized carbons (Fsp3) is 0.548. The van der Waals surface area contributed by atoms with Gasteiger partial charge in [-0.05, 0) is 122 Å². The van der Waals surface area contributed by atoms with Crippen molar-refractivity contribution in [3.63, 3.8) is 0 Å². The summed E-state index contributed by atoms with van der Waals surface area (Å²) < 4.78 is 0. The van der Waals surface area contributed by atoms with E-state index in [4.69, 9.17) is 11.5 Å². The van der Waals surface area contributed by atoms with Crippen LogP contribution in [0, 0.1) is 29.1 Å². The minimum absolute atomic E-state index is 0.0162. The van der Waals surface area contributed by atoms with E-state index in [1.54, 1.807) is 4.90 Å². The SMILES string of the molecule is NCCCC[C@H](N)C(=O)C[C@@H](Cc1ccccc1)CN(CC(=O)CCC12CC3CC(CC(C3)C1)C2)C(=O)Cc1cccc2ccccc12. The maximum Gasteiger partial charge on any atom is 0.227 e. The van der Waals surface area contributed by atoms with E-state index in [1.165, 1.54) is 38.5 Å². The summed E-state index contributed by atoms with van der Waals surface area (Å²) in [7, 11) is 0. The van der Waals surface area contributed by atoms with Gasteiger partial charge >= 0.3 is 0 Å². The molecule has 7 rings (SSSR count). The van der Waals surface area contributed by atoms with Gasteiger partial charge in [-0.3, -0.25) is 14.4 Å². The number of carbonyl (C=O) groups excluding carboxylic acids is 3. The number of Topliss-reactive ketones (excluding diaryl/α,β-unsaturated/α-hetero) is 2. The van der Waals surface area contributed by atoms with E-state index in [2.05, 4.69) is 30.3 Å². The standard InChI is InChI=1S/C42H55N3O3/c43-18-7-6-15-39(44)40(47)23-34(19-30-9-2-1-3-10-30)28-45(41(48)24-36-13-8-12-35-11-4-5-14-38(35)36)29-37(46)16-17-42-25-31-20-32(26-42)22-33(21-31)27-42/h1-5,8-14,31-34,39H,6-7,15-29,43-44H2/t31?,32?,33?,34-,39+,42?/m1/s1. The van der Waals surface area contributed by atoms with Gasteiger partial charge in [0.05, 0.1) is 19.0 Å². The highest BCUT2D eigenvalue weighted by Crippen LogP contribution is 2.61. The van der Waals surface area contributed by atoms with E-state index in [0.717, 1.165) is 58.9 Å². The molecule has 0 unspecified atom stereocenters. The van der Waals surface area contributed by atoms with Gasteiger partial charge in [0, 0.05) is 19.4 Å². The average molecular weight is 650 g/mol. The highest BCUT2D eigenvalue weighted by Gasteiger charge is 2.50. The Kier molecular flexibility index (Phi) is 11.4. The zero-order valence-corrected chi connectivity index (χ0v) is 28.7. The third-order valence-corrected chi connectivity index (χ3v) is 11.8. The number of hydrogen-bond acceptors (Lipinski definition) is 5. The van der Waals surface area contributed by atoms with E-state index >= 15 is 0 Å². The number of fused-ring (bicyclic) bond motifs is 1. The minimum Gasteiger partial charge on any atom is -0.335 e. The molecule has 4 saturated carbocycles. The molecule has 1 amide bonds. The number of nitrogens with two attached hydrogens (primary N) is 2. The molecule has 0 spiro atoms. The smallest absolute Gasteiger partial charge is 0.227 e. The predicted octanol–water partition coefficient (Wildman–Crippen LogP) is 7.05. The zero-order valence-electron chi connectivity index (χ0n) is 28.7. The highest BCUT2D eigenvalue weighted by atomic mass is 16.2. The molecule has 0 saturated heterocycles. The number of amides is 1. The summed E-state index contributed by atoms with van der Waals surface area (Å²) in [5, 5.41) is 2.15. The summed E-state index contributed by atoms with van der Waals surface area (Å²) in [6, 6.07) is 23.8. The van der Waals surface area contributed by atoms with Crippen LogP contribution >= 0.6 is 0 Å². The Morgan fingerprint density at radius 2 is 1.50 bits per heavy atom. The summed E-state index contributed by atoms with van der Waals surface area (Å²) in [4.78, 5) is 43.3. The Labute approximate surface area is 287 Å². The fourth-order valence-electron chi connectivity index (χ4n) is 9.83. The first kappa shape index (κ1) is 34.5. The largest absolute Gasteiger partial charge is 0.335 e. The van der Waals surface area contributed by atoms with Gasteiger partial charge < -0.3 is 16.4 Å². The number of ketones is 2. The molecule has 256 valence electrons. The lowest BCUT2D eigenvalue weighted by atomic mass is 9.48. The Hall–Kier alpha value is -3.35. The third-order valence-electron chi connectivity index (χ3n) is 11.8. The number of carbonyl (C=O) groups is 3. The van der Waals surface area contributed by atoms with E-state index in [0.29, 0.717) is 37.8 Å². The molecule has 4 aliphatic rings. The van der Waals surface area contributed by atoms with Crippen molar-refractivity contribution in [3.8, 4) is 0 Å². The number of benzene rings is 3. The fourth-order valence-corrected chi connectivity index (χ4v) is 9.83. The van der Waals surface area contributed by atoms with E-state index < -0.39 is 6.04 Å². The Bertz CT molecular complexity index is 1510. The second kappa shape index (κ2) is 15.9. The van der Waals surface area contributed by atoms with Gasteiger partial charge in [-0.25, -0.2) is 0 Å². The van der Waals surface area contributed by atoms with Gasteiger partial charge in [0.2, 0.25) is 5.91 Å². The summed E-state index contributed by atoms with van der Waals surface area (Å²) in [5.74, 6) is 2.50. The van der Waals surface area contributed by atoms with Crippen molar-refractivity contribution in [1.82, 2.24) is 4.90 Å². The zero-order chi connectivity index (χ0) is 33.5. The molecular weight excluding hydrogens is 594 g/mol. The van der Waals surface area contributed by atoms with Crippen LogP contribution in [0.3, 0.4) is 0 Å². The summed E-state index contributed by atoms with van der Waals surface area (Å²) >= 11 is 0. The van der Waals surface area contributed by atoms with Crippen molar-refractivity contribution in [2.45, 2.75) is 95.9 Å². The molecule has 0 radical (unpaired) electrons. The molecule has 4 fully saturated rings. The van der Waals surface area contributed by atoms with Crippen LogP contribution in [-0.2, 0) is 27.2 Å². The molecule has 4 N–H and O–H groups in total. The first-order chi connectivity index (χ1) is 23.3. The normalized spacial score (nSPS) is 24.0. The average Bonchev–Trinajstić information content (AvgIpc) is 3.07. The maximum absolute atomic E-state index is 14.3. The van der Waals surface area contributed by atoms with Gasteiger partial charge in [-0.15, -0.1) is 0 Å². The molecule has 6 heteroatoms. The molecular formula is C42H55N3O3. The van der Waals surface area contributed by atoms with Gasteiger partial charge in [0.25, 0.3) is 0 Å². The predicted molar refractivity (Wildman–Crippen MR) is 193 cm³/mol. The van der Waals surface area contributed by atoms with Gasteiger partial charge in [0.1, 0.15) is 5.78 Å². The highest BCUT2D eigenvalue weighted by molar-refractivity contribution is 5.92. The van der Waals surface area contributed by atoms with Crippen molar-refractivity contribution in [2.75, 3.05) is 19.6 Å². The lowest BCUT2D eigenvalue weighted by Gasteiger charge is -2.57. The molecule has 3 aromatic rings. The quantitative estimate of drug-likeness (QED) is 0.144. The number of unbranched alkanes of at least 4 members (excludes halogenated alkanes) is 1. The molecule has 4 aliphatic carbocycles.